The SMILES string of the molecule is Cc1ncccc1Nc1cc2nc3ccccc3n(-c3ccc(C(F)(F)F)cc3)c-2c/c1=N\C1CCN(C)CC1. The van der Waals surface area contributed by atoms with Crippen molar-refractivity contribution in [1.29, 1.82) is 0 Å². The fourth-order valence-corrected chi connectivity index (χ4v) is 5.21. The first-order valence-electron chi connectivity index (χ1n) is 13.3. The summed E-state index contributed by atoms with van der Waals surface area (Å²) in [6.45, 7) is 3.90. The Bertz CT molecular complexity index is 1700. The third kappa shape index (κ3) is 5.16. The maximum atomic E-state index is 13.3. The zero-order valence-electron chi connectivity index (χ0n) is 22.3. The summed E-state index contributed by atoms with van der Waals surface area (Å²) in [7, 11) is 2.12. The van der Waals surface area contributed by atoms with Gasteiger partial charge in [-0.2, -0.15) is 13.2 Å². The van der Waals surface area contributed by atoms with Crippen LogP contribution in [-0.2, 0) is 6.18 Å². The van der Waals surface area contributed by atoms with E-state index in [0.717, 1.165) is 77.2 Å². The van der Waals surface area contributed by atoms with Crippen molar-refractivity contribution in [1.82, 2.24) is 19.4 Å². The van der Waals surface area contributed by atoms with Gasteiger partial charge in [0.15, 0.2) is 0 Å². The summed E-state index contributed by atoms with van der Waals surface area (Å²) in [5, 5.41) is 4.30. The van der Waals surface area contributed by atoms with Crippen molar-refractivity contribution in [2.75, 3.05) is 25.5 Å². The Kier molecular flexibility index (Phi) is 6.75. The number of anilines is 2. The van der Waals surface area contributed by atoms with Gasteiger partial charge in [0.05, 0.1) is 56.5 Å². The average molecular weight is 543 g/mol. The molecule has 1 N–H and O–H groups in total. The number of aryl methyl sites for hydroxylation is 1. The molecule has 0 amide bonds. The average Bonchev–Trinajstić information content (AvgIpc) is 2.94. The summed E-state index contributed by atoms with van der Waals surface area (Å²) >= 11 is 0. The molecular weight excluding hydrogens is 513 g/mol. The van der Waals surface area contributed by atoms with Crippen LogP contribution in [-0.4, -0.2) is 45.6 Å². The Labute approximate surface area is 230 Å². The van der Waals surface area contributed by atoms with Crippen molar-refractivity contribution in [3.05, 3.63) is 95.6 Å². The molecule has 0 saturated carbocycles. The van der Waals surface area contributed by atoms with Crippen LogP contribution in [0.25, 0.3) is 28.1 Å². The number of hydrogen-bond donors (Lipinski definition) is 1. The standard InChI is InChI=1S/C31H29F3N6/c1-20-24(7-5-15-35-20)37-26-18-28-30(19-27(26)36-22-13-16-39(2)17-14-22)40(29-8-4-3-6-25(29)38-28)23-11-9-21(10-12-23)31(32,33)34/h3-12,15,18-19,22,37H,13-14,16-17H2,1-2H3/b36-27+. The van der Waals surface area contributed by atoms with Crippen LogP contribution in [0, 0.1) is 6.92 Å². The van der Waals surface area contributed by atoms with E-state index < -0.39 is 11.7 Å². The smallest absolute Gasteiger partial charge is 0.352 e. The zero-order valence-corrected chi connectivity index (χ0v) is 22.3. The van der Waals surface area contributed by atoms with Gasteiger partial charge in [0.25, 0.3) is 0 Å². The minimum atomic E-state index is -4.41. The lowest BCUT2D eigenvalue weighted by Gasteiger charge is -2.27. The molecule has 1 aromatic heterocycles. The highest BCUT2D eigenvalue weighted by Gasteiger charge is 2.30. The molecule has 1 saturated heterocycles. The number of benzene rings is 3. The monoisotopic (exact) mass is 542 g/mol. The van der Waals surface area contributed by atoms with E-state index in [2.05, 4.69) is 22.2 Å². The number of para-hydroxylation sites is 2. The minimum Gasteiger partial charge on any atom is -0.352 e. The van der Waals surface area contributed by atoms with Crippen LogP contribution < -0.4 is 10.7 Å². The molecule has 3 aromatic rings. The van der Waals surface area contributed by atoms with Gasteiger partial charge in [0.2, 0.25) is 0 Å². The lowest BCUT2D eigenvalue weighted by molar-refractivity contribution is -0.137. The predicted molar refractivity (Wildman–Crippen MR) is 151 cm³/mol. The van der Waals surface area contributed by atoms with E-state index in [4.69, 9.17) is 9.98 Å². The van der Waals surface area contributed by atoms with Gasteiger partial charge in [-0.05, 0) is 101 Å². The molecule has 40 heavy (non-hydrogen) atoms. The summed E-state index contributed by atoms with van der Waals surface area (Å²) in [5.74, 6) is 0. The predicted octanol–water partition coefficient (Wildman–Crippen LogP) is 6.59. The highest BCUT2D eigenvalue weighted by molar-refractivity contribution is 5.84. The van der Waals surface area contributed by atoms with E-state index in [1.165, 1.54) is 12.1 Å². The van der Waals surface area contributed by atoms with E-state index >= 15 is 0 Å². The lowest BCUT2D eigenvalue weighted by Crippen LogP contribution is -2.33. The number of nitrogens with one attached hydrogen (secondary N) is 1. The fourth-order valence-electron chi connectivity index (χ4n) is 5.21. The zero-order chi connectivity index (χ0) is 27.9. The second-order valence-electron chi connectivity index (χ2n) is 10.3. The van der Waals surface area contributed by atoms with Crippen molar-refractivity contribution in [3.63, 3.8) is 0 Å². The number of alkyl halides is 3. The number of fused-ring (bicyclic) bond motifs is 2. The molecular formula is C31H29F3N6. The quantitative estimate of drug-likeness (QED) is 0.260. The molecule has 2 aliphatic heterocycles. The van der Waals surface area contributed by atoms with E-state index in [1.54, 1.807) is 6.20 Å². The van der Waals surface area contributed by atoms with Crippen LogP contribution in [0.3, 0.4) is 0 Å². The fraction of sp³-hybridized carbons (Fsp3) is 0.258. The third-order valence-electron chi connectivity index (χ3n) is 7.44. The Morgan fingerprint density at radius 3 is 2.40 bits per heavy atom. The van der Waals surface area contributed by atoms with Gasteiger partial charge >= 0.3 is 6.18 Å². The minimum absolute atomic E-state index is 0.164. The molecule has 0 unspecified atom stereocenters. The molecule has 2 aromatic carbocycles. The molecule has 0 atom stereocenters. The maximum Gasteiger partial charge on any atom is 0.416 e. The second kappa shape index (κ2) is 10.4. The van der Waals surface area contributed by atoms with E-state index in [1.807, 2.05) is 60.0 Å². The number of pyridine rings is 1. The van der Waals surface area contributed by atoms with Gasteiger partial charge in [0.1, 0.15) is 0 Å². The molecule has 1 fully saturated rings. The second-order valence-corrected chi connectivity index (χ2v) is 10.3. The molecule has 0 radical (unpaired) electrons. The molecule has 1 aliphatic carbocycles. The third-order valence-corrected chi connectivity index (χ3v) is 7.44. The van der Waals surface area contributed by atoms with E-state index in [0.29, 0.717) is 11.4 Å². The van der Waals surface area contributed by atoms with Crippen LogP contribution in [0.5, 0.6) is 0 Å². The number of aromatic nitrogens is 3. The van der Waals surface area contributed by atoms with Crippen LogP contribution in [0.1, 0.15) is 24.1 Å². The maximum absolute atomic E-state index is 13.3. The Morgan fingerprint density at radius 1 is 0.925 bits per heavy atom. The molecule has 0 spiro atoms. The Hall–Kier alpha value is -4.24. The lowest BCUT2D eigenvalue weighted by atomic mass is 10.1. The van der Waals surface area contributed by atoms with Crippen molar-refractivity contribution >= 4 is 22.4 Å². The number of nitrogens with zero attached hydrogens (tertiary/aromatic N) is 5. The molecule has 6 nitrogen and oxygen atoms in total. The number of likely N-dealkylation sites (tertiary alicyclic amines) is 1. The van der Waals surface area contributed by atoms with Crippen LogP contribution in [0.15, 0.2) is 84.0 Å². The highest BCUT2D eigenvalue weighted by atomic mass is 19.4. The summed E-state index contributed by atoms with van der Waals surface area (Å²) < 4.78 is 42.0. The first-order valence-corrected chi connectivity index (χ1v) is 13.3. The number of piperidine rings is 1. The summed E-state index contributed by atoms with van der Waals surface area (Å²) in [6.07, 6.45) is -0.744. The van der Waals surface area contributed by atoms with E-state index in [-0.39, 0.29) is 6.04 Å². The van der Waals surface area contributed by atoms with Crippen LogP contribution in [0.2, 0.25) is 0 Å². The summed E-state index contributed by atoms with van der Waals surface area (Å²) in [4.78, 5) is 16.8. The molecule has 0 bridgehead atoms. The summed E-state index contributed by atoms with van der Waals surface area (Å²) in [6, 6.07) is 20.9. The van der Waals surface area contributed by atoms with Gasteiger partial charge in [-0.25, -0.2) is 4.98 Å². The molecule has 3 aliphatic rings. The van der Waals surface area contributed by atoms with Gasteiger partial charge in [-0.3, -0.25) is 9.98 Å². The van der Waals surface area contributed by atoms with Crippen molar-refractivity contribution in [2.24, 2.45) is 4.99 Å². The summed E-state index contributed by atoms with van der Waals surface area (Å²) in [5.41, 5.74) is 5.47. The number of halogens is 3. The van der Waals surface area contributed by atoms with Crippen LogP contribution in [0.4, 0.5) is 24.5 Å². The van der Waals surface area contributed by atoms with Crippen molar-refractivity contribution in [3.8, 4) is 17.1 Å². The largest absolute Gasteiger partial charge is 0.416 e. The van der Waals surface area contributed by atoms with Gasteiger partial charge < -0.3 is 14.8 Å². The van der Waals surface area contributed by atoms with Crippen LogP contribution >= 0.6 is 0 Å². The molecule has 9 heteroatoms. The molecule has 204 valence electrons. The molecule has 3 heterocycles. The first-order chi connectivity index (χ1) is 19.3. The van der Waals surface area contributed by atoms with Gasteiger partial charge in [-0.1, -0.05) is 12.1 Å². The van der Waals surface area contributed by atoms with Crippen molar-refractivity contribution in [2.45, 2.75) is 32.0 Å². The highest BCUT2D eigenvalue weighted by Crippen LogP contribution is 2.33. The van der Waals surface area contributed by atoms with Crippen molar-refractivity contribution < 1.29 is 13.2 Å². The topological polar surface area (TPSA) is 58.3 Å². The first kappa shape index (κ1) is 26.0. The van der Waals surface area contributed by atoms with Gasteiger partial charge in [0, 0.05) is 11.9 Å². The number of rotatable bonds is 4. The number of hydrogen-bond acceptors (Lipinski definition) is 5. The Balaban J connectivity index is 1.59. The Morgan fingerprint density at radius 2 is 1.68 bits per heavy atom. The molecule has 6 rings (SSSR count). The normalized spacial score (nSPS) is 15.7. The van der Waals surface area contributed by atoms with E-state index in [9.17, 15) is 13.2 Å². The van der Waals surface area contributed by atoms with Gasteiger partial charge in [-0.15, -0.1) is 0 Å².